The first kappa shape index (κ1) is 26.0. The van der Waals surface area contributed by atoms with Crippen molar-refractivity contribution in [2.75, 3.05) is 66.2 Å². The molecular formula is C23H39IN4O3. The molecule has 1 unspecified atom stereocenters. The maximum atomic E-state index is 5.69. The molecule has 0 bridgehead atoms. The van der Waals surface area contributed by atoms with Crippen LogP contribution in [-0.2, 0) is 11.2 Å². The number of nitrogens with one attached hydrogen (secondary N) is 1. The van der Waals surface area contributed by atoms with Gasteiger partial charge >= 0.3 is 0 Å². The number of likely N-dealkylation sites (tertiary alicyclic amines) is 1. The largest absolute Gasteiger partial charge is 0.493 e. The molecule has 0 amide bonds. The van der Waals surface area contributed by atoms with Crippen LogP contribution in [0, 0.1) is 0 Å². The van der Waals surface area contributed by atoms with E-state index in [0.29, 0.717) is 12.6 Å². The first-order valence-corrected chi connectivity index (χ1v) is 11.4. The summed E-state index contributed by atoms with van der Waals surface area (Å²) in [5.74, 6) is 2.66. The van der Waals surface area contributed by atoms with E-state index >= 15 is 0 Å². The number of morpholine rings is 1. The number of methoxy groups -OCH3 is 1. The fraction of sp³-hybridized carbons (Fsp3) is 0.696. The van der Waals surface area contributed by atoms with Gasteiger partial charge < -0.3 is 24.4 Å². The zero-order chi connectivity index (χ0) is 21.2. The molecule has 2 aliphatic heterocycles. The lowest BCUT2D eigenvalue weighted by Crippen LogP contribution is -2.46. The van der Waals surface area contributed by atoms with Crippen LogP contribution in [0.15, 0.2) is 23.2 Å². The lowest BCUT2D eigenvalue weighted by Gasteiger charge is -2.32. The lowest BCUT2D eigenvalue weighted by molar-refractivity contribution is 0.0195. The molecule has 1 atom stereocenters. The van der Waals surface area contributed by atoms with Gasteiger partial charge in [0, 0.05) is 45.3 Å². The number of hydrogen-bond acceptors (Lipinski definition) is 5. The van der Waals surface area contributed by atoms with Crippen LogP contribution >= 0.6 is 24.0 Å². The minimum atomic E-state index is 0. The van der Waals surface area contributed by atoms with Crippen LogP contribution in [0.3, 0.4) is 0 Å². The summed E-state index contributed by atoms with van der Waals surface area (Å²) >= 11 is 0. The van der Waals surface area contributed by atoms with Crippen LogP contribution in [0.5, 0.6) is 11.5 Å². The molecule has 0 aliphatic carbocycles. The molecule has 2 heterocycles. The quantitative estimate of drug-likeness (QED) is 0.223. The predicted octanol–water partition coefficient (Wildman–Crippen LogP) is 3.02. The van der Waals surface area contributed by atoms with Crippen molar-refractivity contribution in [2.24, 2.45) is 4.99 Å². The van der Waals surface area contributed by atoms with E-state index in [1.54, 1.807) is 7.11 Å². The van der Waals surface area contributed by atoms with E-state index < -0.39 is 0 Å². The van der Waals surface area contributed by atoms with Gasteiger partial charge in [0.1, 0.15) is 0 Å². The summed E-state index contributed by atoms with van der Waals surface area (Å²) in [6.07, 6.45) is 3.19. The number of aliphatic imine (C=N–C) groups is 1. The van der Waals surface area contributed by atoms with E-state index in [-0.39, 0.29) is 24.0 Å². The van der Waals surface area contributed by atoms with Gasteiger partial charge in [-0.3, -0.25) is 9.89 Å². The Hall–Kier alpha value is -1.26. The summed E-state index contributed by atoms with van der Waals surface area (Å²) in [4.78, 5) is 9.91. The first-order valence-electron chi connectivity index (χ1n) is 11.4. The number of ether oxygens (including phenoxy) is 3. The molecule has 1 N–H and O–H groups in total. The molecule has 0 radical (unpaired) electrons. The molecule has 0 spiro atoms. The van der Waals surface area contributed by atoms with Gasteiger partial charge in [-0.1, -0.05) is 6.07 Å². The fourth-order valence-electron chi connectivity index (χ4n) is 4.21. The van der Waals surface area contributed by atoms with E-state index in [0.717, 1.165) is 82.8 Å². The van der Waals surface area contributed by atoms with Gasteiger partial charge in [-0.25, -0.2) is 0 Å². The number of guanidine groups is 1. The molecule has 2 fully saturated rings. The van der Waals surface area contributed by atoms with Crippen molar-refractivity contribution in [3.8, 4) is 11.5 Å². The van der Waals surface area contributed by atoms with Gasteiger partial charge in [0.2, 0.25) is 0 Å². The Kier molecular flexibility index (Phi) is 11.7. The summed E-state index contributed by atoms with van der Waals surface area (Å²) in [6, 6.07) is 6.81. The zero-order valence-electron chi connectivity index (χ0n) is 19.3. The second-order valence-electron chi connectivity index (χ2n) is 7.79. The summed E-state index contributed by atoms with van der Waals surface area (Å²) in [5, 5.41) is 3.48. The third-order valence-corrected chi connectivity index (χ3v) is 5.77. The number of halogens is 1. The van der Waals surface area contributed by atoms with Crippen LogP contribution in [-0.4, -0.2) is 88.0 Å². The molecule has 0 aromatic heterocycles. The van der Waals surface area contributed by atoms with Gasteiger partial charge in [-0.2, -0.15) is 0 Å². The monoisotopic (exact) mass is 546 g/mol. The Morgan fingerprint density at radius 3 is 2.71 bits per heavy atom. The highest BCUT2D eigenvalue weighted by Crippen LogP contribution is 2.28. The predicted molar refractivity (Wildman–Crippen MR) is 136 cm³/mol. The van der Waals surface area contributed by atoms with E-state index in [9.17, 15) is 0 Å². The van der Waals surface area contributed by atoms with E-state index in [1.807, 2.05) is 13.0 Å². The molecule has 7 nitrogen and oxygen atoms in total. The summed E-state index contributed by atoms with van der Waals surface area (Å²) in [7, 11) is 1.68. The summed E-state index contributed by atoms with van der Waals surface area (Å²) < 4.78 is 16.6. The van der Waals surface area contributed by atoms with Crippen LogP contribution in [0.4, 0.5) is 0 Å². The van der Waals surface area contributed by atoms with Crippen molar-refractivity contribution in [2.45, 2.75) is 39.2 Å². The van der Waals surface area contributed by atoms with Gasteiger partial charge in [-0.05, 0) is 50.8 Å². The van der Waals surface area contributed by atoms with Crippen molar-refractivity contribution in [1.29, 1.82) is 0 Å². The van der Waals surface area contributed by atoms with Crippen LogP contribution < -0.4 is 14.8 Å². The van der Waals surface area contributed by atoms with Crippen molar-refractivity contribution >= 4 is 29.9 Å². The standard InChI is InChI=1S/C23H38N4O3.HI/c1-4-24-23(27-12-10-20(18-27)26-13-15-29-16-14-26)25-11-6-7-19-8-9-21(28-3)22(17-19)30-5-2;/h8-9,17,20H,4-7,10-16,18H2,1-3H3,(H,24,25);1H. The summed E-state index contributed by atoms with van der Waals surface area (Å²) in [6.45, 7) is 12.4. The molecule has 31 heavy (non-hydrogen) atoms. The Morgan fingerprint density at radius 1 is 1.19 bits per heavy atom. The average molecular weight is 546 g/mol. The molecule has 1 aromatic rings. The Morgan fingerprint density at radius 2 is 2.00 bits per heavy atom. The molecule has 0 saturated carbocycles. The zero-order valence-corrected chi connectivity index (χ0v) is 21.6. The number of nitrogens with zero attached hydrogens (tertiary/aromatic N) is 3. The number of aryl methyl sites for hydroxylation is 1. The van der Waals surface area contributed by atoms with Gasteiger partial charge in [0.15, 0.2) is 17.5 Å². The first-order chi connectivity index (χ1) is 14.7. The van der Waals surface area contributed by atoms with Crippen molar-refractivity contribution in [3.05, 3.63) is 23.8 Å². The maximum absolute atomic E-state index is 5.69. The third-order valence-electron chi connectivity index (χ3n) is 5.77. The molecule has 3 rings (SSSR count). The highest BCUT2D eigenvalue weighted by atomic mass is 127. The molecular weight excluding hydrogens is 507 g/mol. The minimum absolute atomic E-state index is 0. The Balaban J connectivity index is 0.00000341. The highest BCUT2D eigenvalue weighted by molar-refractivity contribution is 14.0. The topological polar surface area (TPSA) is 58.6 Å². The molecule has 8 heteroatoms. The maximum Gasteiger partial charge on any atom is 0.193 e. The fourth-order valence-corrected chi connectivity index (χ4v) is 4.21. The molecule has 2 aliphatic rings. The number of hydrogen-bond donors (Lipinski definition) is 1. The Labute approximate surface area is 204 Å². The van der Waals surface area contributed by atoms with E-state index in [1.165, 1.54) is 12.0 Å². The minimum Gasteiger partial charge on any atom is -0.493 e. The second-order valence-corrected chi connectivity index (χ2v) is 7.79. The van der Waals surface area contributed by atoms with Crippen molar-refractivity contribution < 1.29 is 14.2 Å². The van der Waals surface area contributed by atoms with Gasteiger partial charge in [0.05, 0.1) is 26.9 Å². The highest BCUT2D eigenvalue weighted by Gasteiger charge is 2.30. The van der Waals surface area contributed by atoms with Crippen LogP contribution in [0.2, 0.25) is 0 Å². The van der Waals surface area contributed by atoms with Crippen molar-refractivity contribution in [1.82, 2.24) is 15.1 Å². The second kappa shape index (κ2) is 14.0. The third kappa shape index (κ3) is 7.68. The van der Waals surface area contributed by atoms with Gasteiger partial charge in [-0.15, -0.1) is 24.0 Å². The SMILES string of the molecule is CCNC(=NCCCc1ccc(OC)c(OCC)c1)N1CCC(N2CCOCC2)C1.I. The number of benzene rings is 1. The van der Waals surface area contributed by atoms with Crippen LogP contribution in [0.1, 0.15) is 32.3 Å². The van der Waals surface area contributed by atoms with Crippen molar-refractivity contribution in [3.63, 3.8) is 0 Å². The van der Waals surface area contributed by atoms with Gasteiger partial charge in [0.25, 0.3) is 0 Å². The number of rotatable bonds is 9. The smallest absolute Gasteiger partial charge is 0.193 e. The molecule has 176 valence electrons. The molecule has 1 aromatic carbocycles. The normalized spacial score (nSPS) is 19.8. The van der Waals surface area contributed by atoms with Crippen LogP contribution in [0.25, 0.3) is 0 Å². The Bertz CT molecular complexity index is 683. The lowest BCUT2D eigenvalue weighted by atomic mass is 10.1. The average Bonchev–Trinajstić information content (AvgIpc) is 3.27. The summed E-state index contributed by atoms with van der Waals surface area (Å²) in [5.41, 5.74) is 1.26. The molecule has 2 saturated heterocycles. The van der Waals surface area contributed by atoms with E-state index in [4.69, 9.17) is 19.2 Å². The van der Waals surface area contributed by atoms with E-state index in [2.05, 4.69) is 34.2 Å².